The Morgan fingerprint density at radius 1 is 1.13 bits per heavy atom. The molecule has 2 amide bonds. The summed E-state index contributed by atoms with van der Waals surface area (Å²) in [6.07, 6.45) is 4.24. The van der Waals surface area contributed by atoms with Crippen LogP contribution in [0.2, 0.25) is 10.0 Å². The minimum absolute atomic E-state index is 0.0210. The third kappa shape index (κ3) is 7.23. The summed E-state index contributed by atoms with van der Waals surface area (Å²) >= 11 is 11.9. The molecule has 1 aromatic rings. The Morgan fingerprint density at radius 3 is 2.52 bits per heavy atom. The summed E-state index contributed by atoms with van der Waals surface area (Å²) in [6, 6.07) is 4.87. The summed E-state index contributed by atoms with van der Waals surface area (Å²) in [7, 11) is 0. The van der Waals surface area contributed by atoms with Crippen molar-refractivity contribution in [2.24, 2.45) is 0 Å². The highest BCUT2D eigenvalue weighted by atomic mass is 35.5. The lowest BCUT2D eigenvalue weighted by Crippen LogP contribution is -2.38. The Kier molecular flexibility index (Phi) is 9.03. The zero-order valence-corrected chi connectivity index (χ0v) is 15.2. The minimum atomic E-state index is -0.272. The largest absolute Gasteiger partial charge is 0.333 e. The van der Waals surface area contributed by atoms with Gasteiger partial charge in [-0.05, 0) is 31.0 Å². The Balaban J connectivity index is 2.62. The van der Waals surface area contributed by atoms with E-state index in [1.807, 2.05) is 6.92 Å². The molecule has 0 heterocycles. The molecule has 0 aliphatic carbocycles. The summed E-state index contributed by atoms with van der Waals surface area (Å²) in [4.78, 5) is 26.0. The molecule has 4 nitrogen and oxygen atoms in total. The van der Waals surface area contributed by atoms with Crippen molar-refractivity contribution in [3.05, 3.63) is 28.2 Å². The second kappa shape index (κ2) is 10.5. The Hall–Kier alpha value is -1.26. The number of carbonyl (C=O) groups is 2. The number of carbonyl (C=O) groups excluding carboxylic acids is 2. The van der Waals surface area contributed by atoms with Crippen LogP contribution in [-0.2, 0) is 9.59 Å². The van der Waals surface area contributed by atoms with E-state index in [-0.39, 0.29) is 18.4 Å². The molecule has 0 bridgehead atoms. The Bertz CT molecular complexity index is 535. The SMILES string of the molecule is CCCCCC(=O)N(CCC)CC(=O)Nc1cc(Cl)ccc1Cl. The lowest BCUT2D eigenvalue weighted by molar-refractivity contribution is -0.134. The van der Waals surface area contributed by atoms with E-state index in [0.29, 0.717) is 28.7 Å². The van der Waals surface area contributed by atoms with Gasteiger partial charge in [-0.2, -0.15) is 0 Å². The molecule has 23 heavy (non-hydrogen) atoms. The Labute approximate surface area is 148 Å². The normalized spacial score (nSPS) is 10.4. The van der Waals surface area contributed by atoms with E-state index >= 15 is 0 Å². The van der Waals surface area contributed by atoms with Crippen LogP contribution < -0.4 is 5.32 Å². The molecular weight excluding hydrogens is 335 g/mol. The predicted molar refractivity (Wildman–Crippen MR) is 96.1 cm³/mol. The highest BCUT2D eigenvalue weighted by Crippen LogP contribution is 2.25. The van der Waals surface area contributed by atoms with Crippen molar-refractivity contribution in [2.75, 3.05) is 18.4 Å². The first kappa shape index (κ1) is 19.8. The van der Waals surface area contributed by atoms with Crippen molar-refractivity contribution in [1.82, 2.24) is 4.90 Å². The molecule has 1 aromatic carbocycles. The van der Waals surface area contributed by atoms with Crippen LogP contribution in [0.15, 0.2) is 18.2 Å². The van der Waals surface area contributed by atoms with Gasteiger partial charge in [-0.3, -0.25) is 9.59 Å². The fourth-order valence-corrected chi connectivity index (χ4v) is 2.54. The van der Waals surface area contributed by atoms with Gasteiger partial charge in [-0.25, -0.2) is 0 Å². The first-order valence-electron chi connectivity index (χ1n) is 8.00. The maximum atomic E-state index is 12.2. The van der Waals surface area contributed by atoms with E-state index in [9.17, 15) is 9.59 Å². The predicted octanol–water partition coefficient (Wildman–Crippen LogP) is 4.75. The van der Waals surface area contributed by atoms with Crippen molar-refractivity contribution in [1.29, 1.82) is 0 Å². The number of amides is 2. The van der Waals surface area contributed by atoms with Gasteiger partial charge in [0.25, 0.3) is 0 Å². The highest BCUT2D eigenvalue weighted by molar-refractivity contribution is 6.35. The monoisotopic (exact) mass is 358 g/mol. The number of hydrogen-bond donors (Lipinski definition) is 1. The maximum absolute atomic E-state index is 12.2. The second-order valence-corrected chi connectivity index (χ2v) is 6.29. The smallest absolute Gasteiger partial charge is 0.244 e. The van der Waals surface area contributed by atoms with Crippen molar-refractivity contribution in [3.63, 3.8) is 0 Å². The van der Waals surface area contributed by atoms with Gasteiger partial charge in [0.2, 0.25) is 11.8 Å². The number of rotatable bonds is 9. The quantitative estimate of drug-likeness (QED) is 0.647. The first-order valence-corrected chi connectivity index (χ1v) is 8.76. The molecule has 0 unspecified atom stereocenters. The minimum Gasteiger partial charge on any atom is -0.333 e. The topological polar surface area (TPSA) is 49.4 Å². The lowest BCUT2D eigenvalue weighted by atomic mass is 10.2. The van der Waals surface area contributed by atoms with Crippen LogP contribution in [0.3, 0.4) is 0 Å². The van der Waals surface area contributed by atoms with E-state index in [1.54, 1.807) is 23.1 Å². The molecule has 0 radical (unpaired) electrons. The Morgan fingerprint density at radius 2 is 1.87 bits per heavy atom. The zero-order valence-electron chi connectivity index (χ0n) is 13.7. The van der Waals surface area contributed by atoms with Crippen molar-refractivity contribution >= 4 is 40.7 Å². The summed E-state index contributed by atoms with van der Waals surface area (Å²) in [5.74, 6) is -0.251. The third-order valence-electron chi connectivity index (χ3n) is 3.38. The number of hydrogen-bond acceptors (Lipinski definition) is 2. The van der Waals surface area contributed by atoms with Crippen LogP contribution in [-0.4, -0.2) is 29.8 Å². The van der Waals surface area contributed by atoms with Gasteiger partial charge >= 0.3 is 0 Å². The molecule has 6 heteroatoms. The van der Waals surface area contributed by atoms with Crippen LogP contribution in [0.4, 0.5) is 5.69 Å². The van der Waals surface area contributed by atoms with Crippen LogP contribution in [0, 0.1) is 0 Å². The van der Waals surface area contributed by atoms with Crippen LogP contribution in [0.25, 0.3) is 0 Å². The number of halogens is 2. The van der Waals surface area contributed by atoms with E-state index in [2.05, 4.69) is 12.2 Å². The second-order valence-electron chi connectivity index (χ2n) is 5.44. The van der Waals surface area contributed by atoms with Crippen molar-refractivity contribution in [2.45, 2.75) is 46.0 Å². The lowest BCUT2D eigenvalue weighted by Gasteiger charge is -2.22. The van der Waals surface area contributed by atoms with Gasteiger partial charge in [0.15, 0.2) is 0 Å². The summed E-state index contributed by atoms with van der Waals surface area (Å²) in [6.45, 7) is 4.68. The number of nitrogens with zero attached hydrogens (tertiary/aromatic N) is 1. The molecular formula is C17H24Cl2N2O2. The standard InChI is InChI=1S/C17H24Cl2N2O2/c1-3-5-6-7-17(23)21(10-4-2)12-16(22)20-15-11-13(18)8-9-14(15)19/h8-9,11H,3-7,10,12H2,1-2H3,(H,20,22). The average molecular weight is 359 g/mol. The fourth-order valence-electron chi connectivity index (χ4n) is 2.20. The summed E-state index contributed by atoms with van der Waals surface area (Å²) in [5, 5.41) is 3.62. The molecule has 128 valence electrons. The first-order chi connectivity index (χ1) is 11.0. The molecule has 0 saturated heterocycles. The molecule has 0 spiro atoms. The number of unbranched alkanes of at least 4 members (excludes halogenated alkanes) is 2. The summed E-state index contributed by atoms with van der Waals surface area (Å²) < 4.78 is 0. The van der Waals surface area contributed by atoms with E-state index in [4.69, 9.17) is 23.2 Å². The summed E-state index contributed by atoms with van der Waals surface area (Å²) in [5.41, 5.74) is 0.457. The van der Waals surface area contributed by atoms with Crippen LogP contribution >= 0.6 is 23.2 Å². The zero-order chi connectivity index (χ0) is 17.2. The number of nitrogens with one attached hydrogen (secondary N) is 1. The molecule has 0 atom stereocenters. The van der Waals surface area contributed by atoms with Crippen LogP contribution in [0.1, 0.15) is 46.0 Å². The molecule has 0 saturated carbocycles. The maximum Gasteiger partial charge on any atom is 0.244 e. The molecule has 0 aromatic heterocycles. The molecule has 0 aliphatic rings. The van der Waals surface area contributed by atoms with Crippen molar-refractivity contribution in [3.8, 4) is 0 Å². The van der Waals surface area contributed by atoms with Crippen LogP contribution in [0.5, 0.6) is 0 Å². The average Bonchev–Trinajstić information content (AvgIpc) is 2.50. The fraction of sp³-hybridized carbons (Fsp3) is 0.529. The van der Waals surface area contributed by atoms with E-state index in [0.717, 1.165) is 25.7 Å². The molecule has 1 rings (SSSR count). The van der Waals surface area contributed by atoms with E-state index in [1.165, 1.54) is 0 Å². The highest BCUT2D eigenvalue weighted by Gasteiger charge is 2.16. The molecule has 1 N–H and O–H groups in total. The van der Waals surface area contributed by atoms with Gasteiger partial charge in [-0.15, -0.1) is 0 Å². The number of benzene rings is 1. The van der Waals surface area contributed by atoms with Gasteiger partial charge in [0.05, 0.1) is 17.3 Å². The molecule has 0 aliphatic heterocycles. The van der Waals surface area contributed by atoms with Gasteiger partial charge < -0.3 is 10.2 Å². The van der Waals surface area contributed by atoms with Gasteiger partial charge in [0.1, 0.15) is 0 Å². The van der Waals surface area contributed by atoms with E-state index < -0.39 is 0 Å². The third-order valence-corrected chi connectivity index (χ3v) is 3.94. The molecule has 0 fully saturated rings. The van der Waals surface area contributed by atoms with Gasteiger partial charge in [-0.1, -0.05) is 49.9 Å². The van der Waals surface area contributed by atoms with Gasteiger partial charge in [0, 0.05) is 18.0 Å². The number of anilines is 1. The van der Waals surface area contributed by atoms with Crippen molar-refractivity contribution < 1.29 is 9.59 Å².